The molecule has 1 atom stereocenters. The second kappa shape index (κ2) is 6.62. The van der Waals surface area contributed by atoms with Crippen LogP contribution >= 0.6 is 63.7 Å². The molecule has 0 aliphatic carbocycles. The third kappa shape index (κ3) is 4.36. The van der Waals surface area contributed by atoms with Gasteiger partial charge in [-0.05, 0) is 49.9 Å². The van der Waals surface area contributed by atoms with E-state index in [0.717, 1.165) is 24.5 Å². The number of hydrogen-bond acceptors (Lipinski definition) is 1. The van der Waals surface area contributed by atoms with E-state index in [-0.39, 0.29) is 0 Å². The molecular weight excluding hydrogens is 456 g/mol. The van der Waals surface area contributed by atoms with Crippen LogP contribution in [0.3, 0.4) is 0 Å². The first-order valence-electron chi connectivity index (χ1n) is 4.38. The molecule has 84 valence electrons. The van der Waals surface area contributed by atoms with Gasteiger partial charge in [-0.1, -0.05) is 38.8 Å². The van der Waals surface area contributed by atoms with Crippen LogP contribution < -0.4 is 4.74 Å². The smallest absolute Gasteiger partial charge is 0.147 e. The molecule has 15 heavy (non-hydrogen) atoms. The lowest BCUT2D eigenvalue weighted by molar-refractivity contribution is 0.271. The minimum Gasteiger partial charge on any atom is -0.491 e. The van der Waals surface area contributed by atoms with Gasteiger partial charge in [0.05, 0.1) is 15.6 Å². The summed E-state index contributed by atoms with van der Waals surface area (Å²) in [4.78, 5) is 0. The van der Waals surface area contributed by atoms with E-state index in [1.165, 1.54) is 0 Å². The van der Waals surface area contributed by atoms with Crippen molar-refractivity contribution in [3.05, 3.63) is 25.6 Å². The van der Waals surface area contributed by atoms with Crippen molar-refractivity contribution in [2.24, 2.45) is 5.92 Å². The second-order valence-corrected chi connectivity index (χ2v) is 6.54. The highest BCUT2D eigenvalue weighted by atomic mass is 79.9. The number of halogens is 4. The quantitative estimate of drug-likeness (QED) is 0.542. The number of ether oxygens (including phenoxy) is 1. The lowest BCUT2D eigenvalue weighted by Crippen LogP contribution is -2.10. The zero-order chi connectivity index (χ0) is 11.4. The molecule has 0 saturated carbocycles. The molecule has 0 spiro atoms. The van der Waals surface area contributed by atoms with Crippen molar-refractivity contribution in [2.45, 2.75) is 6.92 Å². The van der Waals surface area contributed by atoms with Crippen LogP contribution in [0.4, 0.5) is 0 Å². The Kier molecular flexibility index (Phi) is 6.18. The lowest BCUT2D eigenvalue weighted by Gasteiger charge is -2.13. The van der Waals surface area contributed by atoms with Gasteiger partial charge >= 0.3 is 0 Å². The van der Waals surface area contributed by atoms with E-state index in [1.54, 1.807) is 0 Å². The zero-order valence-corrected chi connectivity index (χ0v) is 14.4. The molecule has 1 aromatic rings. The first-order chi connectivity index (χ1) is 7.04. The van der Waals surface area contributed by atoms with E-state index in [0.29, 0.717) is 12.5 Å². The predicted molar refractivity (Wildman–Crippen MR) is 78.0 cm³/mol. The maximum atomic E-state index is 5.73. The summed E-state index contributed by atoms with van der Waals surface area (Å²) in [6.07, 6.45) is 0. The Morgan fingerprint density at radius 2 is 1.73 bits per heavy atom. The van der Waals surface area contributed by atoms with Gasteiger partial charge in [0.2, 0.25) is 0 Å². The molecule has 0 aliphatic heterocycles. The molecule has 0 bridgehead atoms. The van der Waals surface area contributed by atoms with Crippen LogP contribution in [-0.4, -0.2) is 11.9 Å². The van der Waals surface area contributed by atoms with Crippen LogP contribution in [0.5, 0.6) is 5.75 Å². The fourth-order valence-electron chi connectivity index (χ4n) is 0.937. The fraction of sp³-hybridized carbons (Fsp3) is 0.400. The van der Waals surface area contributed by atoms with Gasteiger partial charge in [-0.25, -0.2) is 0 Å². The largest absolute Gasteiger partial charge is 0.491 e. The van der Waals surface area contributed by atoms with Gasteiger partial charge in [0.25, 0.3) is 0 Å². The summed E-state index contributed by atoms with van der Waals surface area (Å²) in [5.74, 6) is 1.35. The van der Waals surface area contributed by atoms with Crippen molar-refractivity contribution in [3.63, 3.8) is 0 Å². The highest BCUT2D eigenvalue weighted by Gasteiger charge is 2.09. The molecule has 0 saturated heterocycles. The lowest BCUT2D eigenvalue weighted by atomic mass is 10.2. The van der Waals surface area contributed by atoms with Crippen molar-refractivity contribution in [2.75, 3.05) is 11.9 Å². The van der Waals surface area contributed by atoms with Crippen LogP contribution in [0.1, 0.15) is 6.92 Å². The highest BCUT2D eigenvalue weighted by Crippen LogP contribution is 2.36. The van der Waals surface area contributed by atoms with E-state index in [1.807, 2.05) is 12.1 Å². The standard InChI is InChI=1S/C10H10Br4O/c1-6(4-11)5-15-10-8(13)2-7(12)3-9(10)14/h2-3,6H,4-5H2,1H3. The van der Waals surface area contributed by atoms with E-state index in [2.05, 4.69) is 70.6 Å². The van der Waals surface area contributed by atoms with Crippen LogP contribution in [-0.2, 0) is 0 Å². The monoisotopic (exact) mass is 462 g/mol. The maximum absolute atomic E-state index is 5.73. The van der Waals surface area contributed by atoms with Gasteiger partial charge in [-0.15, -0.1) is 0 Å². The Labute approximate surface area is 123 Å². The van der Waals surface area contributed by atoms with Crippen molar-refractivity contribution >= 4 is 63.7 Å². The van der Waals surface area contributed by atoms with Gasteiger partial charge in [0, 0.05) is 9.80 Å². The van der Waals surface area contributed by atoms with Gasteiger partial charge in [0.15, 0.2) is 0 Å². The van der Waals surface area contributed by atoms with Gasteiger partial charge in [-0.2, -0.15) is 0 Å². The van der Waals surface area contributed by atoms with Gasteiger partial charge in [-0.3, -0.25) is 0 Å². The average molecular weight is 466 g/mol. The topological polar surface area (TPSA) is 9.23 Å². The second-order valence-electron chi connectivity index (χ2n) is 3.27. The van der Waals surface area contributed by atoms with Crippen LogP contribution in [0.25, 0.3) is 0 Å². The third-order valence-electron chi connectivity index (χ3n) is 1.74. The molecule has 5 heteroatoms. The number of hydrogen-bond donors (Lipinski definition) is 0. The maximum Gasteiger partial charge on any atom is 0.147 e. The Hall–Kier alpha value is 0.940. The van der Waals surface area contributed by atoms with Crippen molar-refractivity contribution in [3.8, 4) is 5.75 Å². The Morgan fingerprint density at radius 1 is 1.20 bits per heavy atom. The molecule has 0 N–H and O–H groups in total. The Bertz CT molecular complexity index is 317. The minimum atomic E-state index is 0.493. The minimum absolute atomic E-state index is 0.493. The van der Waals surface area contributed by atoms with E-state index >= 15 is 0 Å². The third-order valence-corrected chi connectivity index (χ3v) is 4.48. The Morgan fingerprint density at radius 3 is 2.20 bits per heavy atom. The number of benzene rings is 1. The molecule has 1 rings (SSSR count). The van der Waals surface area contributed by atoms with E-state index in [9.17, 15) is 0 Å². The van der Waals surface area contributed by atoms with Crippen molar-refractivity contribution < 1.29 is 4.74 Å². The van der Waals surface area contributed by atoms with Crippen molar-refractivity contribution in [1.82, 2.24) is 0 Å². The normalized spacial score (nSPS) is 12.6. The van der Waals surface area contributed by atoms with E-state index in [4.69, 9.17) is 4.74 Å². The van der Waals surface area contributed by atoms with Crippen LogP contribution in [0.15, 0.2) is 25.6 Å². The van der Waals surface area contributed by atoms with Crippen molar-refractivity contribution in [1.29, 1.82) is 0 Å². The molecule has 0 heterocycles. The molecule has 0 radical (unpaired) electrons. The predicted octanol–water partition coefficient (Wildman–Crippen LogP) is 5.38. The Balaban J connectivity index is 2.77. The van der Waals surface area contributed by atoms with Gasteiger partial charge < -0.3 is 4.74 Å². The highest BCUT2D eigenvalue weighted by molar-refractivity contribution is 9.11. The molecule has 1 nitrogen and oxygen atoms in total. The summed E-state index contributed by atoms with van der Waals surface area (Å²) in [6.45, 7) is 2.83. The summed E-state index contributed by atoms with van der Waals surface area (Å²) >= 11 is 13.8. The summed E-state index contributed by atoms with van der Waals surface area (Å²) in [6, 6.07) is 3.94. The summed E-state index contributed by atoms with van der Waals surface area (Å²) in [7, 11) is 0. The molecular formula is C10H10Br4O. The first-order valence-corrected chi connectivity index (χ1v) is 7.88. The van der Waals surface area contributed by atoms with E-state index < -0.39 is 0 Å². The number of rotatable bonds is 4. The summed E-state index contributed by atoms with van der Waals surface area (Å²) in [5, 5.41) is 0.943. The summed E-state index contributed by atoms with van der Waals surface area (Å²) in [5.41, 5.74) is 0. The fourth-order valence-corrected chi connectivity index (χ4v) is 3.61. The molecule has 0 aliphatic rings. The SMILES string of the molecule is CC(CBr)COc1c(Br)cc(Br)cc1Br. The molecule has 0 amide bonds. The summed E-state index contributed by atoms with van der Waals surface area (Å²) < 4.78 is 8.65. The molecule has 0 aromatic heterocycles. The average Bonchev–Trinajstić information content (AvgIpc) is 2.15. The first kappa shape index (κ1) is 14.0. The molecule has 1 aromatic carbocycles. The van der Waals surface area contributed by atoms with Crippen LogP contribution in [0.2, 0.25) is 0 Å². The van der Waals surface area contributed by atoms with Gasteiger partial charge in [0.1, 0.15) is 5.75 Å². The molecule has 0 fully saturated rings. The molecule has 1 unspecified atom stereocenters. The number of alkyl halides is 1. The van der Waals surface area contributed by atoms with Crippen LogP contribution in [0, 0.1) is 5.92 Å². The zero-order valence-electron chi connectivity index (χ0n) is 8.07.